The third-order valence-corrected chi connectivity index (χ3v) is 3.18. The van der Waals surface area contributed by atoms with Crippen molar-refractivity contribution in [2.45, 2.75) is 26.3 Å². The molecule has 6 heteroatoms. The van der Waals surface area contributed by atoms with Crippen molar-refractivity contribution in [1.82, 2.24) is 10.5 Å². The fourth-order valence-electron chi connectivity index (χ4n) is 2.27. The van der Waals surface area contributed by atoms with E-state index in [0.29, 0.717) is 30.4 Å². The molecule has 1 aromatic heterocycles. The first-order chi connectivity index (χ1) is 10.6. The number of hydrogen-bond donors (Lipinski definition) is 1. The van der Waals surface area contributed by atoms with E-state index in [9.17, 15) is 4.79 Å². The smallest absolute Gasteiger partial charge is 0.226 e. The third kappa shape index (κ3) is 3.21. The van der Waals surface area contributed by atoms with Crippen LogP contribution in [0.1, 0.15) is 19.5 Å². The van der Waals surface area contributed by atoms with Crippen LogP contribution in [0.4, 0.5) is 0 Å². The van der Waals surface area contributed by atoms with Crippen LogP contribution < -0.4 is 14.8 Å². The van der Waals surface area contributed by atoms with Crippen molar-refractivity contribution in [1.29, 1.82) is 0 Å². The van der Waals surface area contributed by atoms with Gasteiger partial charge in [-0.1, -0.05) is 5.16 Å². The molecule has 0 saturated carbocycles. The van der Waals surface area contributed by atoms with Crippen LogP contribution in [0.5, 0.6) is 11.5 Å². The summed E-state index contributed by atoms with van der Waals surface area (Å²) in [5.74, 6) is 1.95. The Balaban J connectivity index is 1.75. The second kappa shape index (κ2) is 6.09. The maximum Gasteiger partial charge on any atom is 0.226 e. The molecule has 0 bridgehead atoms. The van der Waals surface area contributed by atoms with Gasteiger partial charge in [0.05, 0.1) is 12.1 Å². The van der Waals surface area contributed by atoms with Gasteiger partial charge in [0.2, 0.25) is 5.91 Å². The number of fused-ring (bicyclic) bond motifs is 1. The highest BCUT2D eigenvalue weighted by atomic mass is 16.6. The van der Waals surface area contributed by atoms with Crippen LogP contribution >= 0.6 is 0 Å². The standard InChI is InChI=1S/C16H18N2O4/c1-10(2)17-16(19)9-12-8-14(22-18-12)11-3-4-13-15(7-11)21-6-5-20-13/h3-4,7-8,10H,5-6,9H2,1-2H3,(H,17,19). The van der Waals surface area contributed by atoms with Gasteiger partial charge in [0, 0.05) is 17.7 Å². The molecule has 116 valence electrons. The van der Waals surface area contributed by atoms with E-state index >= 15 is 0 Å². The highest BCUT2D eigenvalue weighted by Gasteiger charge is 2.15. The van der Waals surface area contributed by atoms with Crippen LogP contribution in [0, 0.1) is 0 Å². The maximum absolute atomic E-state index is 11.7. The molecule has 3 rings (SSSR count). The summed E-state index contributed by atoms with van der Waals surface area (Å²) in [6, 6.07) is 7.46. The number of ether oxygens (including phenoxy) is 2. The molecule has 0 saturated heterocycles. The van der Waals surface area contributed by atoms with Crippen LogP contribution in [0.2, 0.25) is 0 Å². The number of benzene rings is 1. The lowest BCUT2D eigenvalue weighted by molar-refractivity contribution is -0.121. The number of amides is 1. The summed E-state index contributed by atoms with van der Waals surface area (Å²) in [7, 11) is 0. The second-order valence-electron chi connectivity index (χ2n) is 5.44. The van der Waals surface area contributed by atoms with Crippen LogP contribution in [0.25, 0.3) is 11.3 Å². The summed E-state index contributed by atoms with van der Waals surface area (Å²) in [6.07, 6.45) is 0.201. The van der Waals surface area contributed by atoms with Crippen molar-refractivity contribution >= 4 is 5.91 Å². The lowest BCUT2D eigenvalue weighted by atomic mass is 10.1. The monoisotopic (exact) mass is 302 g/mol. The predicted molar refractivity (Wildman–Crippen MR) is 79.9 cm³/mol. The summed E-state index contributed by atoms with van der Waals surface area (Å²) in [4.78, 5) is 11.7. The molecule has 0 aliphatic carbocycles. The third-order valence-electron chi connectivity index (χ3n) is 3.18. The minimum Gasteiger partial charge on any atom is -0.486 e. The Morgan fingerprint density at radius 2 is 2.00 bits per heavy atom. The molecule has 6 nitrogen and oxygen atoms in total. The number of aromatic nitrogens is 1. The van der Waals surface area contributed by atoms with Gasteiger partial charge in [-0.2, -0.15) is 0 Å². The Labute approximate surface area is 128 Å². The molecule has 2 heterocycles. The molecular formula is C16H18N2O4. The van der Waals surface area contributed by atoms with E-state index in [1.165, 1.54) is 0 Å². The SMILES string of the molecule is CC(C)NC(=O)Cc1cc(-c2ccc3c(c2)OCCO3)on1. The zero-order valence-electron chi connectivity index (χ0n) is 12.6. The van der Waals surface area contributed by atoms with Crippen LogP contribution in [0.15, 0.2) is 28.8 Å². The largest absolute Gasteiger partial charge is 0.486 e. The van der Waals surface area contributed by atoms with Gasteiger partial charge in [-0.25, -0.2) is 0 Å². The molecule has 1 aliphatic rings. The Morgan fingerprint density at radius 3 is 2.77 bits per heavy atom. The van der Waals surface area contributed by atoms with E-state index in [2.05, 4.69) is 10.5 Å². The molecule has 1 aliphatic heterocycles. The summed E-state index contributed by atoms with van der Waals surface area (Å²) in [5, 5.41) is 6.77. The van der Waals surface area contributed by atoms with Crippen molar-refractivity contribution in [3.8, 4) is 22.8 Å². The highest BCUT2D eigenvalue weighted by Crippen LogP contribution is 2.34. The minimum absolute atomic E-state index is 0.0722. The van der Waals surface area contributed by atoms with E-state index in [-0.39, 0.29) is 18.4 Å². The van der Waals surface area contributed by atoms with E-state index < -0.39 is 0 Å². The lowest BCUT2D eigenvalue weighted by Gasteiger charge is -2.18. The number of nitrogens with one attached hydrogen (secondary N) is 1. The van der Waals surface area contributed by atoms with Crippen LogP contribution in [0.3, 0.4) is 0 Å². The van der Waals surface area contributed by atoms with Crippen molar-refractivity contribution in [2.24, 2.45) is 0 Å². The maximum atomic E-state index is 11.7. The first kappa shape index (κ1) is 14.4. The highest BCUT2D eigenvalue weighted by molar-refractivity contribution is 5.78. The van der Waals surface area contributed by atoms with Crippen LogP contribution in [-0.2, 0) is 11.2 Å². The molecule has 22 heavy (non-hydrogen) atoms. The number of nitrogens with zero attached hydrogens (tertiary/aromatic N) is 1. The van der Waals surface area contributed by atoms with Gasteiger partial charge in [-0.3, -0.25) is 4.79 Å². The molecule has 0 fully saturated rings. The quantitative estimate of drug-likeness (QED) is 0.937. The average molecular weight is 302 g/mol. The number of rotatable bonds is 4. The van der Waals surface area contributed by atoms with Gasteiger partial charge >= 0.3 is 0 Å². The molecule has 1 amide bonds. The summed E-state index contributed by atoms with van der Waals surface area (Å²) >= 11 is 0. The number of carbonyl (C=O) groups excluding carboxylic acids is 1. The lowest BCUT2D eigenvalue weighted by Crippen LogP contribution is -2.31. The van der Waals surface area contributed by atoms with Gasteiger partial charge in [0.1, 0.15) is 13.2 Å². The summed E-state index contributed by atoms with van der Waals surface area (Å²) in [6.45, 7) is 4.93. The molecule has 1 N–H and O–H groups in total. The molecule has 2 aromatic rings. The Kier molecular flexibility index (Phi) is 4.00. The molecule has 0 spiro atoms. The fraction of sp³-hybridized carbons (Fsp3) is 0.375. The topological polar surface area (TPSA) is 73.6 Å². The first-order valence-corrected chi connectivity index (χ1v) is 7.27. The fourth-order valence-corrected chi connectivity index (χ4v) is 2.27. The predicted octanol–water partition coefficient (Wildman–Crippen LogP) is 2.18. The molecule has 1 aromatic carbocycles. The van der Waals surface area contributed by atoms with Crippen LogP contribution in [-0.4, -0.2) is 30.3 Å². The summed E-state index contributed by atoms with van der Waals surface area (Å²) in [5.41, 5.74) is 1.44. The van der Waals surface area contributed by atoms with Crippen molar-refractivity contribution in [3.05, 3.63) is 30.0 Å². The van der Waals surface area contributed by atoms with E-state index in [0.717, 1.165) is 11.3 Å². The average Bonchev–Trinajstić information content (AvgIpc) is 2.94. The first-order valence-electron chi connectivity index (χ1n) is 7.27. The number of carbonyl (C=O) groups is 1. The molecule has 0 radical (unpaired) electrons. The van der Waals surface area contributed by atoms with E-state index in [1.54, 1.807) is 6.07 Å². The molecular weight excluding hydrogens is 284 g/mol. The second-order valence-corrected chi connectivity index (χ2v) is 5.44. The Bertz CT molecular complexity index is 679. The molecule has 0 atom stereocenters. The van der Waals surface area contributed by atoms with Gasteiger partial charge in [-0.05, 0) is 32.0 Å². The summed E-state index contributed by atoms with van der Waals surface area (Å²) < 4.78 is 16.4. The van der Waals surface area contributed by atoms with Crippen molar-refractivity contribution < 1.29 is 18.8 Å². The number of hydrogen-bond acceptors (Lipinski definition) is 5. The van der Waals surface area contributed by atoms with Gasteiger partial charge < -0.3 is 19.3 Å². The van der Waals surface area contributed by atoms with E-state index in [1.807, 2.05) is 32.0 Å². The zero-order chi connectivity index (χ0) is 15.5. The van der Waals surface area contributed by atoms with E-state index in [4.69, 9.17) is 14.0 Å². The zero-order valence-corrected chi connectivity index (χ0v) is 12.6. The van der Waals surface area contributed by atoms with Crippen molar-refractivity contribution in [2.75, 3.05) is 13.2 Å². The van der Waals surface area contributed by atoms with Gasteiger partial charge in [0.25, 0.3) is 0 Å². The molecule has 0 unspecified atom stereocenters. The van der Waals surface area contributed by atoms with Gasteiger partial charge in [-0.15, -0.1) is 0 Å². The Hall–Kier alpha value is -2.50. The Morgan fingerprint density at radius 1 is 1.23 bits per heavy atom. The normalized spacial score (nSPS) is 13.2. The minimum atomic E-state index is -0.0722. The van der Waals surface area contributed by atoms with Crippen molar-refractivity contribution in [3.63, 3.8) is 0 Å². The van der Waals surface area contributed by atoms with Gasteiger partial charge in [0.15, 0.2) is 17.3 Å².